The summed E-state index contributed by atoms with van der Waals surface area (Å²) in [5.41, 5.74) is 5.28. The Morgan fingerprint density at radius 3 is 1.21 bits per heavy atom. The van der Waals surface area contributed by atoms with Crippen LogP contribution in [-0.4, -0.2) is 0 Å². The second-order valence-electron chi connectivity index (χ2n) is 11.0. The highest BCUT2D eigenvalue weighted by atomic mass is 19.1. The van der Waals surface area contributed by atoms with Crippen molar-refractivity contribution in [3.63, 3.8) is 0 Å². The van der Waals surface area contributed by atoms with Gasteiger partial charge in [-0.25, -0.2) is 8.78 Å². The van der Waals surface area contributed by atoms with Gasteiger partial charge in [-0.05, 0) is 38.7 Å². The zero-order valence-electron chi connectivity index (χ0n) is 22.9. The molecule has 8 aromatic carbocycles. The fraction of sp³-hybridized carbons (Fsp3) is 0. The molecule has 0 aliphatic heterocycles. The summed E-state index contributed by atoms with van der Waals surface area (Å²) in [7, 11) is 0. The summed E-state index contributed by atoms with van der Waals surface area (Å²) in [5, 5.41) is 7.64. The van der Waals surface area contributed by atoms with Crippen molar-refractivity contribution in [2.75, 3.05) is 0 Å². The van der Waals surface area contributed by atoms with Crippen molar-refractivity contribution in [2.45, 2.75) is 0 Å². The topological polar surface area (TPSA) is 13.1 Å². The Morgan fingerprint density at radius 2 is 0.721 bits per heavy atom. The lowest BCUT2D eigenvalue weighted by Gasteiger charge is -2.14. The van der Waals surface area contributed by atoms with Crippen LogP contribution in [0.25, 0.3) is 87.3 Å². The maximum Gasteiger partial charge on any atom is 0.143 e. The molecule has 0 aliphatic rings. The molecular weight excluding hydrogens is 534 g/mol. The van der Waals surface area contributed by atoms with Crippen LogP contribution in [-0.2, 0) is 0 Å². The van der Waals surface area contributed by atoms with E-state index in [9.17, 15) is 0 Å². The van der Waals surface area contributed by atoms with Gasteiger partial charge in [0.1, 0.15) is 22.8 Å². The van der Waals surface area contributed by atoms with Crippen LogP contribution in [0, 0.1) is 11.6 Å². The van der Waals surface area contributed by atoms with Crippen LogP contribution in [0.15, 0.2) is 138 Å². The Morgan fingerprint density at radius 1 is 0.349 bits per heavy atom. The van der Waals surface area contributed by atoms with Crippen LogP contribution in [0.2, 0.25) is 0 Å². The van der Waals surface area contributed by atoms with Gasteiger partial charge < -0.3 is 4.42 Å². The van der Waals surface area contributed by atoms with Gasteiger partial charge in [0.15, 0.2) is 0 Å². The van der Waals surface area contributed by atoms with Gasteiger partial charge in [0.25, 0.3) is 0 Å². The van der Waals surface area contributed by atoms with Crippen LogP contribution in [0.4, 0.5) is 8.78 Å². The molecule has 0 saturated heterocycles. The monoisotopic (exact) mass is 556 g/mol. The number of fused-ring (bicyclic) bond motifs is 7. The van der Waals surface area contributed by atoms with Crippen molar-refractivity contribution in [3.05, 3.63) is 145 Å². The first-order valence-electron chi connectivity index (χ1n) is 14.3. The molecule has 3 heteroatoms. The van der Waals surface area contributed by atoms with Crippen LogP contribution < -0.4 is 0 Å². The quantitative estimate of drug-likeness (QED) is 0.193. The number of benzene rings is 8. The Kier molecular flexibility index (Phi) is 5.03. The molecule has 202 valence electrons. The fourth-order valence-electron chi connectivity index (χ4n) is 6.98. The van der Waals surface area contributed by atoms with Crippen molar-refractivity contribution in [2.24, 2.45) is 0 Å². The van der Waals surface area contributed by atoms with Gasteiger partial charge in [-0.3, -0.25) is 0 Å². The summed E-state index contributed by atoms with van der Waals surface area (Å²) < 4.78 is 38.2. The Balaban J connectivity index is 1.44. The lowest BCUT2D eigenvalue weighted by molar-refractivity contribution is 0.651. The normalized spacial score (nSPS) is 12.0. The fourth-order valence-corrected chi connectivity index (χ4v) is 6.98. The predicted molar refractivity (Wildman–Crippen MR) is 175 cm³/mol. The number of halogens is 2. The van der Waals surface area contributed by atoms with E-state index in [1.807, 2.05) is 115 Å². The molecule has 0 spiro atoms. The molecule has 1 aromatic heterocycles. The summed E-state index contributed by atoms with van der Waals surface area (Å²) in [6, 6.07) is 42.8. The van der Waals surface area contributed by atoms with E-state index in [1.165, 1.54) is 0 Å². The average molecular weight is 557 g/mol. The molecule has 9 aromatic rings. The molecule has 1 heterocycles. The molecular formula is C40H22F2O. The minimum absolute atomic E-state index is 0.212. The second kappa shape index (κ2) is 8.98. The Hall–Kier alpha value is -5.54. The molecule has 43 heavy (non-hydrogen) atoms. The molecule has 0 radical (unpaired) electrons. The van der Waals surface area contributed by atoms with Gasteiger partial charge in [-0.2, -0.15) is 0 Å². The largest absolute Gasteiger partial charge is 0.455 e. The SMILES string of the molecule is Fc1c2ccccc2c(-c2cccc3c2oc2cccc(-c4c5ccccc5c(F)c5ccccc45)c23)c2ccccc12. The van der Waals surface area contributed by atoms with E-state index in [0.29, 0.717) is 21.5 Å². The number of para-hydroxylation sites is 1. The van der Waals surface area contributed by atoms with E-state index < -0.39 is 0 Å². The number of hydrogen-bond donors (Lipinski definition) is 0. The summed E-state index contributed by atoms with van der Waals surface area (Å²) in [4.78, 5) is 0. The lowest BCUT2D eigenvalue weighted by atomic mass is 9.88. The highest BCUT2D eigenvalue weighted by Gasteiger charge is 2.22. The minimum Gasteiger partial charge on any atom is -0.455 e. The highest BCUT2D eigenvalue weighted by Crippen LogP contribution is 2.47. The molecule has 0 atom stereocenters. The first-order valence-corrected chi connectivity index (χ1v) is 14.3. The highest BCUT2D eigenvalue weighted by molar-refractivity contribution is 6.24. The van der Waals surface area contributed by atoms with Crippen LogP contribution >= 0.6 is 0 Å². The van der Waals surface area contributed by atoms with E-state index in [4.69, 9.17) is 4.42 Å². The van der Waals surface area contributed by atoms with Gasteiger partial charge >= 0.3 is 0 Å². The van der Waals surface area contributed by atoms with Crippen molar-refractivity contribution in [1.29, 1.82) is 0 Å². The average Bonchev–Trinajstić information content (AvgIpc) is 3.45. The maximum absolute atomic E-state index is 15.7. The van der Waals surface area contributed by atoms with Gasteiger partial charge in [-0.1, -0.05) is 127 Å². The van der Waals surface area contributed by atoms with Gasteiger partial charge in [0.05, 0.1) is 0 Å². The molecule has 0 N–H and O–H groups in total. The third-order valence-corrected chi connectivity index (χ3v) is 8.79. The lowest BCUT2D eigenvalue weighted by Crippen LogP contribution is -1.91. The van der Waals surface area contributed by atoms with Gasteiger partial charge in [0, 0.05) is 43.4 Å². The summed E-state index contributed by atoms with van der Waals surface area (Å²) in [5.74, 6) is -0.430. The van der Waals surface area contributed by atoms with Gasteiger partial charge in [-0.15, -0.1) is 0 Å². The molecule has 1 nitrogen and oxygen atoms in total. The summed E-state index contributed by atoms with van der Waals surface area (Å²) in [6.45, 7) is 0. The van der Waals surface area contributed by atoms with Crippen molar-refractivity contribution in [1.82, 2.24) is 0 Å². The number of furan rings is 1. The third kappa shape index (κ3) is 3.30. The van der Waals surface area contributed by atoms with Crippen molar-refractivity contribution < 1.29 is 13.2 Å². The van der Waals surface area contributed by atoms with E-state index >= 15 is 8.78 Å². The smallest absolute Gasteiger partial charge is 0.143 e. The molecule has 0 saturated carbocycles. The Bertz CT molecular complexity index is 2480. The molecule has 0 unspecified atom stereocenters. The van der Waals surface area contributed by atoms with E-state index in [1.54, 1.807) is 0 Å². The molecule has 0 fully saturated rings. The van der Waals surface area contributed by atoms with E-state index in [-0.39, 0.29) is 11.6 Å². The zero-order chi connectivity index (χ0) is 28.7. The molecule has 0 amide bonds. The molecule has 0 aliphatic carbocycles. The predicted octanol–water partition coefficient (Wildman–Crippen LogP) is 11.8. The van der Waals surface area contributed by atoms with E-state index in [2.05, 4.69) is 18.2 Å². The van der Waals surface area contributed by atoms with Gasteiger partial charge in [0.2, 0.25) is 0 Å². The van der Waals surface area contributed by atoms with Crippen LogP contribution in [0.1, 0.15) is 0 Å². The minimum atomic E-state index is -0.218. The second-order valence-corrected chi connectivity index (χ2v) is 11.0. The van der Waals surface area contributed by atoms with Crippen molar-refractivity contribution in [3.8, 4) is 22.3 Å². The van der Waals surface area contributed by atoms with Crippen LogP contribution in [0.3, 0.4) is 0 Å². The number of rotatable bonds is 2. The molecule has 9 rings (SSSR count). The zero-order valence-corrected chi connectivity index (χ0v) is 22.9. The summed E-state index contributed by atoms with van der Waals surface area (Å²) >= 11 is 0. The molecule has 0 bridgehead atoms. The standard InChI is InChI=1S/C40H22F2O/c41-38-27-15-5-1-11-23(27)35(24-12-2-6-16-28(24)38)31-19-10-22-34-37(31)33-21-9-20-32(40(33)43-34)36-25-13-3-7-17-29(25)39(42)30-18-8-4-14-26(30)36/h1-22H. The Labute approximate surface area is 245 Å². The maximum atomic E-state index is 15.7. The first kappa shape index (κ1) is 24.1. The van der Waals surface area contributed by atoms with Crippen molar-refractivity contribution >= 4 is 65.0 Å². The third-order valence-electron chi connectivity index (χ3n) is 8.79. The van der Waals surface area contributed by atoms with Crippen LogP contribution in [0.5, 0.6) is 0 Å². The van der Waals surface area contributed by atoms with E-state index in [0.717, 1.165) is 65.7 Å². The summed E-state index contributed by atoms with van der Waals surface area (Å²) in [6.07, 6.45) is 0. The first-order chi connectivity index (χ1) is 21.2. The number of hydrogen-bond acceptors (Lipinski definition) is 1.